The van der Waals surface area contributed by atoms with Crippen molar-refractivity contribution < 1.29 is 0 Å². The van der Waals surface area contributed by atoms with Crippen LogP contribution in [0.3, 0.4) is 0 Å². The van der Waals surface area contributed by atoms with Gasteiger partial charge in [0.2, 0.25) is 0 Å². The van der Waals surface area contributed by atoms with Crippen molar-refractivity contribution in [3.63, 3.8) is 0 Å². The Kier molecular flexibility index (Phi) is 5.43. The molecule has 1 saturated heterocycles. The molecular weight excluding hydrogens is 375 g/mol. The van der Waals surface area contributed by atoms with Gasteiger partial charge in [-0.15, -0.1) is 0 Å². The second-order valence-corrected chi connectivity index (χ2v) is 9.08. The Morgan fingerprint density at radius 3 is 2.56 bits per heavy atom. The Morgan fingerprint density at radius 2 is 1.78 bits per heavy atom. The number of nitrogens with zero attached hydrogens (tertiary/aromatic N) is 4. The number of halogens is 1. The molecule has 4 rings (SSSR count). The molecule has 2 aromatic rings. The number of benzene rings is 2. The quantitative estimate of drug-likeness (QED) is 0.731. The maximum atomic E-state index is 6.34. The molecule has 2 aromatic carbocycles. The van der Waals surface area contributed by atoms with Crippen LogP contribution in [0.4, 0.5) is 11.4 Å². The fraction of sp³-hybridized carbons (Fsp3) is 0.333. The van der Waals surface area contributed by atoms with Gasteiger partial charge in [-0.25, -0.2) is 0 Å². The number of fused-ring (bicyclic) bond motifs is 2. The van der Waals surface area contributed by atoms with Crippen LogP contribution in [0.25, 0.3) is 0 Å². The molecule has 0 saturated carbocycles. The van der Waals surface area contributed by atoms with Gasteiger partial charge in [0, 0.05) is 48.9 Å². The first kappa shape index (κ1) is 18.8. The summed E-state index contributed by atoms with van der Waals surface area (Å²) in [5.41, 5.74) is 2.36. The predicted octanol–water partition coefficient (Wildman–Crippen LogP) is 3.03. The Balaban J connectivity index is 1.62. The van der Waals surface area contributed by atoms with Gasteiger partial charge in [-0.05, 0) is 25.2 Å². The van der Waals surface area contributed by atoms with Crippen LogP contribution >= 0.6 is 20.2 Å². The molecule has 0 aliphatic carbocycles. The summed E-state index contributed by atoms with van der Waals surface area (Å²) in [6.07, 6.45) is 0. The zero-order valence-electron chi connectivity index (χ0n) is 16.0. The van der Waals surface area contributed by atoms with Crippen molar-refractivity contribution >= 4 is 42.2 Å². The molecule has 0 radical (unpaired) electrons. The fourth-order valence-corrected chi connectivity index (χ4v) is 5.10. The van der Waals surface area contributed by atoms with Gasteiger partial charge < -0.3 is 9.80 Å². The van der Waals surface area contributed by atoms with E-state index in [9.17, 15) is 0 Å². The van der Waals surface area contributed by atoms with Crippen LogP contribution in [0.1, 0.15) is 0 Å². The van der Waals surface area contributed by atoms with Gasteiger partial charge >= 0.3 is 0 Å². The Hall–Kier alpha value is -1.58. The lowest BCUT2D eigenvalue weighted by molar-refractivity contribution is 0.110. The summed E-state index contributed by atoms with van der Waals surface area (Å²) in [6, 6.07) is 14.8. The zero-order chi connectivity index (χ0) is 19.0. The van der Waals surface area contributed by atoms with E-state index in [0.717, 1.165) is 49.4 Å². The minimum Gasteiger partial charge on any atom is -0.348 e. The van der Waals surface area contributed by atoms with Crippen molar-refractivity contribution in [2.75, 3.05) is 51.8 Å². The van der Waals surface area contributed by atoms with Crippen molar-refractivity contribution in [1.82, 2.24) is 14.7 Å². The lowest BCUT2D eigenvalue weighted by Gasteiger charge is -2.41. The first-order valence-corrected chi connectivity index (χ1v) is 10.7. The number of para-hydroxylation sites is 1. The van der Waals surface area contributed by atoms with Crippen molar-refractivity contribution in [3.8, 4) is 0 Å². The largest absolute Gasteiger partial charge is 0.348 e. The zero-order valence-corrected chi connectivity index (χ0v) is 17.7. The van der Waals surface area contributed by atoms with Gasteiger partial charge in [-0.3, -0.25) is 9.80 Å². The fourth-order valence-electron chi connectivity index (χ4n) is 3.66. The van der Waals surface area contributed by atoms with Crippen LogP contribution in [-0.4, -0.2) is 61.6 Å². The highest BCUT2D eigenvalue weighted by atomic mass is 35.5. The molecule has 1 atom stereocenters. The van der Waals surface area contributed by atoms with E-state index >= 15 is 0 Å². The van der Waals surface area contributed by atoms with Crippen molar-refractivity contribution in [2.45, 2.75) is 0 Å². The van der Waals surface area contributed by atoms with E-state index in [0.29, 0.717) is 8.58 Å². The third-order valence-electron chi connectivity index (χ3n) is 5.32. The Morgan fingerprint density at radius 1 is 1.07 bits per heavy atom. The van der Waals surface area contributed by atoms with Gasteiger partial charge in [0.25, 0.3) is 0 Å². The number of piperazine rings is 1. The van der Waals surface area contributed by atoms with Crippen LogP contribution in [0.15, 0.2) is 54.9 Å². The van der Waals surface area contributed by atoms with Crippen LogP contribution in [0.5, 0.6) is 0 Å². The number of likely N-dealkylation sites (N-methyl/N-ethyl adjacent to an activating group) is 1. The molecule has 0 N–H and O–H groups in total. The van der Waals surface area contributed by atoms with Gasteiger partial charge in [0.05, 0.1) is 18.0 Å². The van der Waals surface area contributed by atoms with E-state index in [1.165, 1.54) is 16.3 Å². The summed E-state index contributed by atoms with van der Waals surface area (Å²) in [5, 5.41) is 3.42. The lowest BCUT2D eigenvalue weighted by atomic mass is 10.2. The average Bonchev–Trinajstić information content (AvgIpc) is 2.67. The molecule has 27 heavy (non-hydrogen) atoms. The second kappa shape index (κ2) is 7.81. The van der Waals surface area contributed by atoms with Crippen molar-refractivity contribution in [1.29, 1.82) is 0 Å². The number of hydrogen-bond acceptors (Lipinski definition) is 4. The summed E-state index contributed by atoms with van der Waals surface area (Å²) < 4.78 is 0. The summed E-state index contributed by atoms with van der Waals surface area (Å²) in [7, 11) is 4.95. The summed E-state index contributed by atoms with van der Waals surface area (Å²) in [6.45, 7) is 9.76. The highest BCUT2D eigenvalue weighted by molar-refractivity contribution is 7.56. The highest BCUT2D eigenvalue weighted by Crippen LogP contribution is 2.39. The third-order valence-corrected chi connectivity index (χ3v) is 6.94. The number of anilines is 2. The second-order valence-electron chi connectivity index (χ2n) is 7.32. The minimum absolute atomic E-state index is 0.639. The molecule has 2 heterocycles. The van der Waals surface area contributed by atoms with Gasteiger partial charge in [-0.1, -0.05) is 51.0 Å². The summed E-state index contributed by atoms with van der Waals surface area (Å²) >= 11 is 6.34. The van der Waals surface area contributed by atoms with Crippen LogP contribution < -0.4 is 15.5 Å². The Bertz CT molecular complexity index is 848. The first-order valence-electron chi connectivity index (χ1n) is 9.29. The molecule has 4 nitrogen and oxygen atoms in total. The topological polar surface area (TPSA) is 13.0 Å². The molecule has 2 aliphatic heterocycles. The van der Waals surface area contributed by atoms with E-state index in [1.807, 2.05) is 6.07 Å². The Labute approximate surface area is 168 Å². The standard InChI is InChI=1S/C21H26ClN4P/c1-16(24(3)15-25-12-10-23(2)11-13-25)26-18-6-4-5-7-20(18)27-21-9-8-17(22)14-19(21)26/h4-9,14,27H,1,10-13,15H2,2-3H3. The van der Waals surface area contributed by atoms with Crippen molar-refractivity contribution in [3.05, 3.63) is 59.9 Å². The smallest absolute Gasteiger partial charge is 0.106 e. The SMILES string of the molecule is C=C(N(C)CN1CCN(C)CC1)N1c2ccccc2Pc2ccc(Cl)cc21. The molecular formula is C21H26ClN4P. The van der Waals surface area contributed by atoms with E-state index in [2.05, 4.69) is 76.7 Å². The summed E-state index contributed by atoms with van der Waals surface area (Å²) in [5.74, 6) is 0.981. The highest BCUT2D eigenvalue weighted by Gasteiger charge is 2.27. The maximum absolute atomic E-state index is 6.34. The van der Waals surface area contributed by atoms with Gasteiger partial charge in [-0.2, -0.15) is 0 Å². The minimum atomic E-state index is 0.639. The lowest BCUT2D eigenvalue weighted by Crippen LogP contribution is -2.49. The molecule has 1 unspecified atom stereocenters. The predicted molar refractivity (Wildman–Crippen MR) is 118 cm³/mol. The molecule has 2 aliphatic rings. The molecule has 0 bridgehead atoms. The van der Waals surface area contributed by atoms with E-state index in [4.69, 9.17) is 11.6 Å². The normalized spacial score (nSPS) is 18.3. The van der Waals surface area contributed by atoms with Gasteiger partial charge in [0.15, 0.2) is 0 Å². The molecule has 1 fully saturated rings. The molecule has 0 spiro atoms. The molecule has 142 valence electrons. The van der Waals surface area contributed by atoms with E-state index in [-0.39, 0.29) is 0 Å². The van der Waals surface area contributed by atoms with E-state index < -0.39 is 0 Å². The van der Waals surface area contributed by atoms with Crippen LogP contribution in [-0.2, 0) is 0 Å². The molecule has 0 amide bonds. The van der Waals surface area contributed by atoms with Crippen molar-refractivity contribution in [2.24, 2.45) is 0 Å². The van der Waals surface area contributed by atoms with Crippen LogP contribution in [0.2, 0.25) is 5.02 Å². The van der Waals surface area contributed by atoms with Crippen LogP contribution in [0, 0.1) is 0 Å². The molecule has 0 aromatic heterocycles. The number of rotatable bonds is 4. The number of hydrogen-bond donors (Lipinski definition) is 0. The third kappa shape index (κ3) is 3.86. The first-order chi connectivity index (χ1) is 13.0. The summed E-state index contributed by atoms with van der Waals surface area (Å²) in [4.78, 5) is 9.39. The molecule has 6 heteroatoms. The van der Waals surface area contributed by atoms with E-state index in [1.54, 1.807) is 0 Å². The van der Waals surface area contributed by atoms with Gasteiger partial charge in [0.1, 0.15) is 5.82 Å². The maximum Gasteiger partial charge on any atom is 0.106 e. The average molecular weight is 401 g/mol. The monoisotopic (exact) mass is 400 g/mol.